The van der Waals surface area contributed by atoms with Crippen LogP contribution in [0.25, 0.3) is 0 Å². The van der Waals surface area contributed by atoms with Gasteiger partial charge in [-0.15, -0.1) is 0 Å². The molecule has 90 valence electrons. The molecule has 3 nitrogen and oxygen atoms in total. The fourth-order valence-electron chi connectivity index (χ4n) is 1.99. The van der Waals surface area contributed by atoms with Crippen LogP contribution < -0.4 is 10.6 Å². The first kappa shape index (κ1) is 12.9. The van der Waals surface area contributed by atoms with Crippen molar-refractivity contribution in [1.29, 1.82) is 0 Å². The highest BCUT2D eigenvalue weighted by atomic mass is 15.2. The lowest BCUT2D eigenvalue weighted by Crippen LogP contribution is -2.44. The van der Waals surface area contributed by atoms with E-state index < -0.39 is 0 Å². The van der Waals surface area contributed by atoms with Crippen LogP contribution in [0.15, 0.2) is 0 Å². The number of rotatable bonds is 8. The van der Waals surface area contributed by atoms with E-state index in [1.807, 2.05) is 0 Å². The molecular weight excluding hydrogens is 186 g/mol. The Bertz CT molecular complexity index is 133. The van der Waals surface area contributed by atoms with Crippen LogP contribution in [0.4, 0.5) is 0 Å². The van der Waals surface area contributed by atoms with E-state index in [4.69, 9.17) is 0 Å². The fourth-order valence-corrected chi connectivity index (χ4v) is 1.99. The van der Waals surface area contributed by atoms with Crippen molar-refractivity contribution >= 4 is 0 Å². The number of piperazine rings is 1. The first-order valence-corrected chi connectivity index (χ1v) is 6.57. The van der Waals surface area contributed by atoms with Crippen molar-refractivity contribution in [3.05, 3.63) is 0 Å². The summed E-state index contributed by atoms with van der Waals surface area (Å²) in [5, 5.41) is 6.90. The molecule has 0 saturated carbocycles. The second-order valence-electron chi connectivity index (χ2n) is 4.40. The highest BCUT2D eigenvalue weighted by molar-refractivity contribution is 4.67. The molecule has 0 amide bonds. The Kier molecular flexibility index (Phi) is 7.88. The van der Waals surface area contributed by atoms with E-state index in [0.29, 0.717) is 0 Å². The molecule has 0 aromatic rings. The standard InChI is InChI=1S/C12H27N3/c1-2-3-4-6-13-7-5-10-15-11-8-14-9-12-15/h13-14H,2-12H2,1H3. The Morgan fingerprint density at radius 3 is 2.53 bits per heavy atom. The lowest BCUT2D eigenvalue weighted by atomic mass is 10.2. The summed E-state index contributed by atoms with van der Waals surface area (Å²) < 4.78 is 0. The molecule has 1 aliphatic heterocycles. The third-order valence-corrected chi connectivity index (χ3v) is 2.99. The Morgan fingerprint density at radius 1 is 1.07 bits per heavy atom. The average Bonchev–Trinajstić information content (AvgIpc) is 2.29. The van der Waals surface area contributed by atoms with Gasteiger partial charge in [0.25, 0.3) is 0 Å². The van der Waals surface area contributed by atoms with E-state index >= 15 is 0 Å². The summed E-state index contributed by atoms with van der Waals surface area (Å²) in [5.41, 5.74) is 0. The number of hydrogen-bond acceptors (Lipinski definition) is 3. The molecule has 1 fully saturated rings. The van der Waals surface area contributed by atoms with Gasteiger partial charge >= 0.3 is 0 Å². The molecule has 2 N–H and O–H groups in total. The summed E-state index contributed by atoms with van der Waals surface area (Å²) in [5.74, 6) is 0. The van der Waals surface area contributed by atoms with Crippen molar-refractivity contribution in [2.75, 3.05) is 45.8 Å². The summed E-state index contributed by atoms with van der Waals surface area (Å²) in [6, 6.07) is 0. The first-order chi connectivity index (χ1) is 7.43. The Hall–Kier alpha value is -0.120. The molecule has 0 aromatic carbocycles. The zero-order valence-corrected chi connectivity index (χ0v) is 10.2. The molecule has 3 heteroatoms. The Labute approximate surface area is 94.6 Å². The molecule has 0 bridgehead atoms. The van der Waals surface area contributed by atoms with Crippen LogP contribution in [0.3, 0.4) is 0 Å². The predicted molar refractivity (Wildman–Crippen MR) is 66.3 cm³/mol. The molecule has 0 unspecified atom stereocenters. The highest BCUT2D eigenvalue weighted by Gasteiger charge is 2.07. The van der Waals surface area contributed by atoms with Crippen molar-refractivity contribution in [2.24, 2.45) is 0 Å². The molecule has 1 rings (SSSR count). The van der Waals surface area contributed by atoms with Gasteiger partial charge in [-0.3, -0.25) is 0 Å². The Balaban J connectivity index is 1.79. The van der Waals surface area contributed by atoms with Crippen LogP contribution in [0.5, 0.6) is 0 Å². The molecule has 0 aliphatic carbocycles. The Morgan fingerprint density at radius 2 is 1.80 bits per heavy atom. The van der Waals surface area contributed by atoms with E-state index in [9.17, 15) is 0 Å². The van der Waals surface area contributed by atoms with Gasteiger partial charge in [-0.05, 0) is 32.5 Å². The largest absolute Gasteiger partial charge is 0.317 e. The summed E-state index contributed by atoms with van der Waals surface area (Å²) in [6.45, 7) is 10.7. The van der Waals surface area contributed by atoms with E-state index in [0.717, 1.165) is 0 Å². The molecule has 1 saturated heterocycles. The minimum absolute atomic E-state index is 1.17. The van der Waals surface area contributed by atoms with Gasteiger partial charge in [0, 0.05) is 26.2 Å². The molecular formula is C12H27N3. The van der Waals surface area contributed by atoms with Crippen LogP contribution in [-0.4, -0.2) is 50.7 Å². The van der Waals surface area contributed by atoms with Crippen molar-refractivity contribution < 1.29 is 0 Å². The van der Waals surface area contributed by atoms with Crippen LogP contribution in [-0.2, 0) is 0 Å². The summed E-state index contributed by atoms with van der Waals surface area (Å²) in [6.07, 6.45) is 5.32. The van der Waals surface area contributed by atoms with Crippen molar-refractivity contribution in [3.8, 4) is 0 Å². The zero-order valence-electron chi connectivity index (χ0n) is 10.2. The van der Waals surface area contributed by atoms with E-state index in [2.05, 4.69) is 22.5 Å². The van der Waals surface area contributed by atoms with Crippen LogP contribution in [0.2, 0.25) is 0 Å². The lowest BCUT2D eigenvalue weighted by molar-refractivity contribution is 0.237. The topological polar surface area (TPSA) is 27.3 Å². The molecule has 0 atom stereocenters. The van der Waals surface area contributed by atoms with Crippen molar-refractivity contribution in [2.45, 2.75) is 32.6 Å². The van der Waals surface area contributed by atoms with Gasteiger partial charge in [0.15, 0.2) is 0 Å². The summed E-state index contributed by atoms with van der Waals surface area (Å²) in [7, 11) is 0. The first-order valence-electron chi connectivity index (χ1n) is 6.57. The SMILES string of the molecule is CCCCCNCCCN1CCNCC1. The minimum Gasteiger partial charge on any atom is -0.317 e. The smallest absolute Gasteiger partial charge is 0.0107 e. The van der Waals surface area contributed by atoms with Gasteiger partial charge in [0.1, 0.15) is 0 Å². The van der Waals surface area contributed by atoms with Crippen molar-refractivity contribution in [3.63, 3.8) is 0 Å². The van der Waals surface area contributed by atoms with Crippen LogP contribution in [0, 0.1) is 0 Å². The zero-order chi connectivity index (χ0) is 10.8. The van der Waals surface area contributed by atoms with Gasteiger partial charge in [0.2, 0.25) is 0 Å². The molecule has 1 aliphatic rings. The number of unbranched alkanes of at least 4 members (excludes halogenated alkanes) is 2. The average molecular weight is 213 g/mol. The maximum Gasteiger partial charge on any atom is 0.0107 e. The molecule has 0 radical (unpaired) electrons. The van der Waals surface area contributed by atoms with Gasteiger partial charge in [-0.2, -0.15) is 0 Å². The lowest BCUT2D eigenvalue weighted by Gasteiger charge is -2.27. The van der Waals surface area contributed by atoms with Gasteiger partial charge in [0.05, 0.1) is 0 Å². The van der Waals surface area contributed by atoms with Gasteiger partial charge in [-0.1, -0.05) is 19.8 Å². The fraction of sp³-hybridized carbons (Fsp3) is 1.00. The monoisotopic (exact) mass is 213 g/mol. The van der Waals surface area contributed by atoms with Gasteiger partial charge < -0.3 is 15.5 Å². The maximum atomic E-state index is 3.52. The second-order valence-corrected chi connectivity index (χ2v) is 4.40. The maximum absolute atomic E-state index is 3.52. The molecule has 1 heterocycles. The third-order valence-electron chi connectivity index (χ3n) is 2.99. The van der Waals surface area contributed by atoms with Crippen LogP contribution in [0.1, 0.15) is 32.6 Å². The number of hydrogen-bond donors (Lipinski definition) is 2. The predicted octanol–water partition coefficient (Wildman–Crippen LogP) is 1.06. The minimum atomic E-state index is 1.17. The third kappa shape index (κ3) is 6.88. The second kappa shape index (κ2) is 9.13. The van der Waals surface area contributed by atoms with E-state index in [1.165, 1.54) is 71.5 Å². The van der Waals surface area contributed by atoms with Crippen LogP contribution >= 0.6 is 0 Å². The number of nitrogens with one attached hydrogen (secondary N) is 2. The molecule has 0 aromatic heterocycles. The number of nitrogens with zero attached hydrogens (tertiary/aromatic N) is 1. The quantitative estimate of drug-likeness (QED) is 0.591. The summed E-state index contributed by atoms with van der Waals surface area (Å²) >= 11 is 0. The highest BCUT2D eigenvalue weighted by Crippen LogP contribution is 1.94. The van der Waals surface area contributed by atoms with E-state index in [-0.39, 0.29) is 0 Å². The van der Waals surface area contributed by atoms with E-state index in [1.54, 1.807) is 0 Å². The van der Waals surface area contributed by atoms with Crippen molar-refractivity contribution in [1.82, 2.24) is 15.5 Å². The summed E-state index contributed by atoms with van der Waals surface area (Å²) in [4.78, 5) is 2.56. The van der Waals surface area contributed by atoms with Gasteiger partial charge in [-0.25, -0.2) is 0 Å². The molecule has 0 spiro atoms. The molecule has 15 heavy (non-hydrogen) atoms. The normalized spacial score (nSPS) is 18.2.